The Morgan fingerprint density at radius 2 is 1.58 bits per heavy atom. The molecule has 0 heterocycles. The molecule has 2 saturated carbocycles. The van der Waals surface area contributed by atoms with Gasteiger partial charge in [0.25, 0.3) is 0 Å². The van der Waals surface area contributed by atoms with Crippen molar-refractivity contribution in [2.75, 3.05) is 0 Å². The minimum Gasteiger partial charge on any atom is -0.393 e. The molecule has 0 aromatic heterocycles. The number of fused-ring (bicyclic) bond motifs is 2. The van der Waals surface area contributed by atoms with Crippen LogP contribution in [0.2, 0.25) is 0 Å². The SMILES string of the molecule is N#CC1CC2CC(O)CC(C1)C2. The van der Waals surface area contributed by atoms with Gasteiger partial charge in [0.1, 0.15) is 0 Å². The molecule has 2 unspecified atom stereocenters. The molecule has 12 heavy (non-hydrogen) atoms. The Morgan fingerprint density at radius 1 is 1.00 bits per heavy atom. The van der Waals surface area contributed by atoms with Crippen molar-refractivity contribution in [3.8, 4) is 6.07 Å². The zero-order chi connectivity index (χ0) is 8.55. The number of hydrogen-bond donors (Lipinski definition) is 1. The van der Waals surface area contributed by atoms with E-state index in [1.165, 1.54) is 6.42 Å². The first-order valence-electron chi connectivity index (χ1n) is 4.85. The maximum absolute atomic E-state index is 9.49. The summed E-state index contributed by atoms with van der Waals surface area (Å²) in [6.45, 7) is 0. The van der Waals surface area contributed by atoms with E-state index in [0.717, 1.165) is 25.7 Å². The van der Waals surface area contributed by atoms with Gasteiger partial charge in [0, 0.05) is 5.92 Å². The van der Waals surface area contributed by atoms with Gasteiger partial charge in [-0.1, -0.05) is 0 Å². The van der Waals surface area contributed by atoms with E-state index in [1.54, 1.807) is 0 Å². The van der Waals surface area contributed by atoms with Crippen LogP contribution < -0.4 is 0 Å². The summed E-state index contributed by atoms with van der Waals surface area (Å²) in [6.07, 6.45) is 5.13. The molecular formula is C10H15NO. The molecule has 2 rings (SSSR count). The summed E-state index contributed by atoms with van der Waals surface area (Å²) in [7, 11) is 0. The van der Waals surface area contributed by atoms with Crippen molar-refractivity contribution in [3.05, 3.63) is 0 Å². The normalized spacial score (nSPS) is 46.7. The first kappa shape index (κ1) is 8.07. The highest BCUT2D eigenvalue weighted by molar-refractivity contribution is 4.94. The molecule has 2 fully saturated rings. The van der Waals surface area contributed by atoms with Crippen LogP contribution in [0.1, 0.15) is 32.1 Å². The lowest BCUT2D eigenvalue weighted by Gasteiger charge is -2.38. The third-order valence-corrected chi connectivity index (χ3v) is 3.30. The molecule has 2 aliphatic rings. The van der Waals surface area contributed by atoms with Gasteiger partial charge in [-0.15, -0.1) is 0 Å². The maximum Gasteiger partial charge on any atom is 0.0655 e. The molecule has 0 spiro atoms. The van der Waals surface area contributed by atoms with Crippen LogP contribution in [0.15, 0.2) is 0 Å². The summed E-state index contributed by atoms with van der Waals surface area (Å²) >= 11 is 0. The van der Waals surface area contributed by atoms with E-state index in [9.17, 15) is 5.11 Å². The summed E-state index contributed by atoms with van der Waals surface area (Å²) in [5.41, 5.74) is 0. The van der Waals surface area contributed by atoms with Gasteiger partial charge in [-0.05, 0) is 43.9 Å². The molecule has 1 N–H and O–H groups in total. The fourth-order valence-corrected chi connectivity index (χ4v) is 2.92. The first-order valence-corrected chi connectivity index (χ1v) is 4.85. The highest BCUT2D eigenvalue weighted by Crippen LogP contribution is 2.42. The van der Waals surface area contributed by atoms with Crippen LogP contribution >= 0.6 is 0 Å². The first-order chi connectivity index (χ1) is 5.78. The van der Waals surface area contributed by atoms with Crippen molar-refractivity contribution in [3.63, 3.8) is 0 Å². The van der Waals surface area contributed by atoms with Gasteiger partial charge in [0.2, 0.25) is 0 Å². The fraction of sp³-hybridized carbons (Fsp3) is 0.900. The third-order valence-electron chi connectivity index (χ3n) is 3.30. The predicted octanol–water partition coefficient (Wildman–Crippen LogP) is 1.70. The molecule has 2 aliphatic carbocycles. The van der Waals surface area contributed by atoms with Crippen molar-refractivity contribution in [2.24, 2.45) is 17.8 Å². The van der Waals surface area contributed by atoms with Crippen LogP contribution in [0.25, 0.3) is 0 Å². The van der Waals surface area contributed by atoms with Crippen molar-refractivity contribution >= 4 is 0 Å². The molecule has 0 aromatic carbocycles. The van der Waals surface area contributed by atoms with Gasteiger partial charge in [-0.25, -0.2) is 0 Å². The lowest BCUT2D eigenvalue weighted by molar-refractivity contribution is 0.0356. The van der Waals surface area contributed by atoms with Crippen molar-refractivity contribution in [2.45, 2.75) is 38.2 Å². The molecule has 2 bridgehead atoms. The van der Waals surface area contributed by atoms with Crippen LogP contribution in [-0.4, -0.2) is 11.2 Å². The molecule has 66 valence electrons. The molecule has 0 saturated heterocycles. The van der Waals surface area contributed by atoms with Crippen molar-refractivity contribution in [1.29, 1.82) is 5.26 Å². The smallest absolute Gasteiger partial charge is 0.0655 e. The van der Waals surface area contributed by atoms with Gasteiger partial charge in [0.05, 0.1) is 12.2 Å². The summed E-state index contributed by atoms with van der Waals surface area (Å²) in [5.74, 6) is 1.55. The van der Waals surface area contributed by atoms with E-state index in [4.69, 9.17) is 5.26 Å². The standard InChI is InChI=1S/C10H15NO/c11-6-9-2-7-1-8(3-9)5-10(12)4-7/h7-10,12H,1-5H2. The Morgan fingerprint density at radius 3 is 2.08 bits per heavy atom. The largest absolute Gasteiger partial charge is 0.393 e. The molecular weight excluding hydrogens is 150 g/mol. The van der Waals surface area contributed by atoms with Crippen LogP contribution in [0.3, 0.4) is 0 Å². The molecule has 2 atom stereocenters. The molecule has 0 radical (unpaired) electrons. The van der Waals surface area contributed by atoms with Crippen LogP contribution in [0.4, 0.5) is 0 Å². The quantitative estimate of drug-likeness (QED) is 0.593. The summed E-state index contributed by atoms with van der Waals surface area (Å²) in [6, 6.07) is 2.37. The van der Waals surface area contributed by atoms with E-state index < -0.39 is 0 Å². The third kappa shape index (κ3) is 1.47. The van der Waals surface area contributed by atoms with Gasteiger partial charge in [-0.3, -0.25) is 0 Å². The Hall–Kier alpha value is -0.550. The average Bonchev–Trinajstić information content (AvgIpc) is 2.02. The topological polar surface area (TPSA) is 44.0 Å². The number of nitrogens with zero attached hydrogens (tertiary/aromatic N) is 1. The lowest BCUT2D eigenvalue weighted by atomic mass is 9.67. The molecule has 2 heteroatoms. The molecule has 2 nitrogen and oxygen atoms in total. The van der Waals surface area contributed by atoms with E-state index >= 15 is 0 Å². The minimum atomic E-state index is -0.0756. The van der Waals surface area contributed by atoms with E-state index in [1.807, 2.05) is 0 Å². The lowest BCUT2D eigenvalue weighted by Crippen LogP contribution is -2.33. The van der Waals surface area contributed by atoms with Gasteiger partial charge < -0.3 is 5.11 Å². The predicted molar refractivity (Wildman–Crippen MR) is 45.2 cm³/mol. The van der Waals surface area contributed by atoms with Crippen molar-refractivity contribution < 1.29 is 5.11 Å². The molecule has 0 aromatic rings. The highest BCUT2D eigenvalue weighted by atomic mass is 16.3. The second-order valence-electron chi connectivity index (χ2n) is 4.39. The summed E-state index contributed by atoms with van der Waals surface area (Å²) < 4.78 is 0. The van der Waals surface area contributed by atoms with Gasteiger partial charge >= 0.3 is 0 Å². The molecule has 0 aliphatic heterocycles. The molecule has 0 amide bonds. The number of hydrogen-bond acceptors (Lipinski definition) is 2. The number of nitriles is 1. The van der Waals surface area contributed by atoms with Crippen LogP contribution in [0.5, 0.6) is 0 Å². The van der Waals surface area contributed by atoms with E-state index in [0.29, 0.717) is 11.8 Å². The number of aliphatic hydroxyl groups excluding tert-OH is 1. The van der Waals surface area contributed by atoms with E-state index in [2.05, 4.69) is 6.07 Å². The average molecular weight is 165 g/mol. The van der Waals surface area contributed by atoms with Crippen LogP contribution in [0, 0.1) is 29.1 Å². The maximum atomic E-state index is 9.49. The minimum absolute atomic E-state index is 0.0756. The zero-order valence-electron chi connectivity index (χ0n) is 7.24. The number of rotatable bonds is 0. The number of aliphatic hydroxyl groups is 1. The second kappa shape index (κ2) is 3.06. The van der Waals surface area contributed by atoms with Crippen LogP contribution in [-0.2, 0) is 0 Å². The second-order valence-corrected chi connectivity index (χ2v) is 4.39. The Labute approximate surface area is 73.2 Å². The fourth-order valence-electron chi connectivity index (χ4n) is 2.92. The van der Waals surface area contributed by atoms with Gasteiger partial charge in [-0.2, -0.15) is 5.26 Å². The Bertz CT molecular complexity index is 190. The highest BCUT2D eigenvalue weighted by Gasteiger charge is 2.35. The Balaban J connectivity index is 2.02. The monoisotopic (exact) mass is 165 g/mol. The van der Waals surface area contributed by atoms with Gasteiger partial charge in [0.15, 0.2) is 0 Å². The van der Waals surface area contributed by atoms with Crippen molar-refractivity contribution in [1.82, 2.24) is 0 Å². The Kier molecular flexibility index (Phi) is 2.06. The summed E-state index contributed by atoms with van der Waals surface area (Å²) in [4.78, 5) is 0. The van der Waals surface area contributed by atoms with E-state index in [-0.39, 0.29) is 12.0 Å². The summed E-state index contributed by atoms with van der Waals surface area (Å²) in [5, 5.41) is 18.3. The zero-order valence-corrected chi connectivity index (χ0v) is 7.24.